The molecule has 0 fully saturated rings. The highest BCUT2D eigenvalue weighted by Crippen LogP contribution is 2.24. The first-order valence-electron chi connectivity index (χ1n) is 8.34. The number of nitrogens with zero attached hydrogens (tertiary/aromatic N) is 2. The van der Waals surface area contributed by atoms with E-state index in [2.05, 4.69) is 15.3 Å². The number of hydrogen-bond acceptors (Lipinski definition) is 6. The summed E-state index contributed by atoms with van der Waals surface area (Å²) >= 11 is 1.52. The minimum atomic E-state index is -0.0254. The van der Waals surface area contributed by atoms with Crippen LogP contribution in [-0.4, -0.2) is 36.4 Å². The molecule has 1 aromatic heterocycles. The van der Waals surface area contributed by atoms with Crippen molar-refractivity contribution in [2.24, 2.45) is 0 Å². The van der Waals surface area contributed by atoms with Crippen LogP contribution in [0.5, 0.6) is 11.5 Å². The molecule has 2 rings (SSSR count). The van der Waals surface area contributed by atoms with Gasteiger partial charge < -0.3 is 14.8 Å². The molecule has 0 aliphatic heterocycles. The minimum absolute atomic E-state index is 0.0254. The fourth-order valence-electron chi connectivity index (χ4n) is 2.70. The molecule has 26 heavy (non-hydrogen) atoms. The molecule has 140 valence electrons. The van der Waals surface area contributed by atoms with Crippen LogP contribution < -0.4 is 14.8 Å². The Labute approximate surface area is 158 Å². The Balaban J connectivity index is 1.96. The Hall–Kier alpha value is -2.28. The molecule has 0 bridgehead atoms. The zero-order valence-corrected chi connectivity index (χ0v) is 16.7. The van der Waals surface area contributed by atoms with Crippen LogP contribution in [0.15, 0.2) is 23.4 Å². The molecule has 7 heteroatoms. The Morgan fingerprint density at radius 2 is 1.85 bits per heavy atom. The van der Waals surface area contributed by atoms with Gasteiger partial charge in [0.1, 0.15) is 11.5 Å². The lowest BCUT2D eigenvalue weighted by molar-refractivity contribution is -0.121. The van der Waals surface area contributed by atoms with Crippen LogP contribution in [0, 0.1) is 13.8 Å². The molecule has 0 saturated carbocycles. The number of carbonyl (C=O) groups is 1. The number of aryl methyl sites for hydroxylation is 2. The molecule has 0 atom stereocenters. The van der Waals surface area contributed by atoms with Crippen molar-refractivity contribution in [2.45, 2.75) is 38.4 Å². The van der Waals surface area contributed by atoms with Crippen molar-refractivity contribution in [1.82, 2.24) is 15.3 Å². The van der Waals surface area contributed by atoms with Gasteiger partial charge in [0.25, 0.3) is 0 Å². The maximum atomic E-state index is 12.3. The van der Waals surface area contributed by atoms with Gasteiger partial charge in [-0.3, -0.25) is 4.79 Å². The van der Waals surface area contributed by atoms with Crippen molar-refractivity contribution in [2.75, 3.05) is 20.5 Å². The standard InChI is InChI=1S/C19H25N3O3S/c1-12-16(13(2)22-19(21-12)26-5)7-9-18(23)20-11-14-10-15(24-3)6-8-17(14)25-4/h6,8,10H,7,9,11H2,1-5H3,(H,20,23). The SMILES string of the molecule is COc1ccc(OC)c(CNC(=O)CCc2c(C)nc(SC)nc2C)c1. The van der Waals surface area contributed by atoms with Crippen LogP contribution in [0.1, 0.15) is 28.9 Å². The number of ether oxygens (including phenoxy) is 2. The molecule has 0 aliphatic rings. The molecule has 1 amide bonds. The average molecular weight is 375 g/mol. The molecule has 0 unspecified atom stereocenters. The van der Waals surface area contributed by atoms with Crippen molar-refractivity contribution in [3.05, 3.63) is 40.7 Å². The number of carbonyl (C=O) groups excluding carboxylic acids is 1. The van der Waals surface area contributed by atoms with E-state index in [0.29, 0.717) is 19.4 Å². The Morgan fingerprint density at radius 1 is 1.15 bits per heavy atom. The lowest BCUT2D eigenvalue weighted by atomic mass is 10.1. The predicted octanol–water partition coefficient (Wildman–Crippen LogP) is 3.08. The summed E-state index contributed by atoms with van der Waals surface area (Å²) in [5.41, 5.74) is 3.78. The first-order valence-corrected chi connectivity index (χ1v) is 9.56. The molecule has 1 N–H and O–H groups in total. The third-order valence-corrected chi connectivity index (χ3v) is 4.70. The van der Waals surface area contributed by atoms with Crippen LogP contribution in [0.2, 0.25) is 0 Å². The highest BCUT2D eigenvalue weighted by atomic mass is 32.2. The summed E-state index contributed by atoms with van der Waals surface area (Å²) in [5, 5.41) is 3.70. The monoisotopic (exact) mass is 375 g/mol. The van der Waals surface area contributed by atoms with E-state index in [1.165, 1.54) is 11.8 Å². The number of hydrogen-bond donors (Lipinski definition) is 1. The number of benzene rings is 1. The van der Waals surface area contributed by atoms with E-state index >= 15 is 0 Å². The molecule has 2 aromatic rings. The van der Waals surface area contributed by atoms with E-state index in [4.69, 9.17) is 9.47 Å². The minimum Gasteiger partial charge on any atom is -0.497 e. The second-order valence-corrected chi connectivity index (χ2v) is 6.59. The van der Waals surface area contributed by atoms with Crippen molar-refractivity contribution in [1.29, 1.82) is 0 Å². The van der Waals surface area contributed by atoms with Gasteiger partial charge in [0.15, 0.2) is 5.16 Å². The topological polar surface area (TPSA) is 73.3 Å². The predicted molar refractivity (Wildman–Crippen MR) is 103 cm³/mol. The second kappa shape index (κ2) is 9.43. The maximum absolute atomic E-state index is 12.3. The van der Waals surface area contributed by atoms with Crippen molar-refractivity contribution < 1.29 is 14.3 Å². The van der Waals surface area contributed by atoms with E-state index in [1.54, 1.807) is 14.2 Å². The summed E-state index contributed by atoms with van der Waals surface area (Å²) in [6.07, 6.45) is 2.96. The molecular formula is C19H25N3O3S. The number of nitrogens with one attached hydrogen (secondary N) is 1. The molecule has 1 heterocycles. The highest BCUT2D eigenvalue weighted by Gasteiger charge is 2.12. The third-order valence-electron chi connectivity index (χ3n) is 4.15. The van der Waals surface area contributed by atoms with E-state index in [0.717, 1.165) is 39.2 Å². The lowest BCUT2D eigenvalue weighted by Gasteiger charge is -2.12. The van der Waals surface area contributed by atoms with Gasteiger partial charge >= 0.3 is 0 Å². The fourth-order valence-corrected chi connectivity index (χ4v) is 3.16. The van der Waals surface area contributed by atoms with Crippen molar-refractivity contribution in [3.8, 4) is 11.5 Å². The highest BCUT2D eigenvalue weighted by molar-refractivity contribution is 7.98. The summed E-state index contributed by atoms with van der Waals surface area (Å²) in [6.45, 7) is 4.31. The zero-order valence-electron chi connectivity index (χ0n) is 15.9. The van der Waals surface area contributed by atoms with Gasteiger partial charge in [0, 0.05) is 29.9 Å². The van der Waals surface area contributed by atoms with Gasteiger partial charge in [0.2, 0.25) is 5.91 Å². The molecule has 0 radical (unpaired) electrons. The largest absolute Gasteiger partial charge is 0.497 e. The van der Waals surface area contributed by atoms with Crippen LogP contribution in [0.3, 0.4) is 0 Å². The average Bonchev–Trinajstić information content (AvgIpc) is 2.65. The van der Waals surface area contributed by atoms with Gasteiger partial charge in [0.05, 0.1) is 14.2 Å². The Kier molecular flexibility index (Phi) is 7.26. The van der Waals surface area contributed by atoms with Crippen LogP contribution in [-0.2, 0) is 17.8 Å². The normalized spacial score (nSPS) is 10.5. The number of rotatable bonds is 8. The summed E-state index contributed by atoms with van der Waals surface area (Å²) in [7, 11) is 3.22. The van der Waals surface area contributed by atoms with E-state index in [1.807, 2.05) is 38.3 Å². The third kappa shape index (κ3) is 5.11. The van der Waals surface area contributed by atoms with Gasteiger partial charge in [-0.2, -0.15) is 0 Å². The summed E-state index contributed by atoms with van der Waals surface area (Å²) in [4.78, 5) is 21.2. The second-order valence-electron chi connectivity index (χ2n) is 5.81. The molecule has 6 nitrogen and oxygen atoms in total. The summed E-state index contributed by atoms with van der Waals surface area (Å²) in [5.74, 6) is 1.42. The van der Waals surface area contributed by atoms with Gasteiger partial charge in [-0.15, -0.1) is 0 Å². The van der Waals surface area contributed by atoms with Gasteiger partial charge in [-0.1, -0.05) is 11.8 Å². The van der Waals surface area contributed by atoms with Crippen LogP contribution in [0.4, 0.5) is 0 Å². The zero-order chi connectivity index (χ0) is 19.1. The van der Waals surface area contributed by atoms with Crippen molar-refractivity contribution >= 4 is 17.7 Å². The lowest BCUT2D eigenvalue weighted by Crippen LogP contribution is -2.23. The molecule has 0 aliphatic carbocycles. The van der Waals surface area contributed by atoms with Gasteiger partial charge in [-0.05, 0) is 50.3 Å². The Bertz CT molecular complexity index is 758. The number of amides is 1. The van der Waals surface area contributed by atoms with Crippen LogP contribution >= 0.6 is 11.8 Å². The molecule has 0 spiro atoms. The number of aromatic nitrogens is 2. The van der Waals surface area contributed by atoms with E-state index in [9.17, 15) is 4.79 Å². The summed E-state index contributed by atoms with van der Waals surface area (Å²) in [6, 6.07) is 5.52. The van der Waals surface area contributed by atoms with E-state index in [-0.39, 0.29) is 5.91 Å². The number of methoxy groups -OCH3 is 2. The maximum Gasteiger partial charge on any atom is 0.220 e. The fraction of sp³-hybridized carbons (Fsp3) is 0.421. The quantitative estimate of drug-likeness (QED) is 0.565. The smallest absolute Gasteiger partial charge is 0.220 e. The molecular weight excluding hydrogens is 350 g/mol. The van der Waals surface area contributed by atoms with Crippen molar-refractivity contribution in [3.63, 3.8) is 0 Å². The molecule has 1 aromatic carbocycles. The first kappa shape index (κ1) is 20.0. The molecule has 0 saturated heterocycles. The summed E-state index contributed by atoms with van der Waals surface area (Å²) < 4.78 is 10.6. The van der Waals surface area contributed by atoms with Gasteiger partial charge in [-0.25, -0.2) is 9.97 Å². The first-order chi connectivity index (χ1) is 12.5. The van der Waals surface area contributed by atoms with E-state index < -0.39 is 0 Å². The number of thioether (sulfide) groups is 1. The van der Waals surface area contributed by atoms with Crippen LogP contribution in [0.25, 0.3) is 0 Å². The Morgan fingerprint density at radius 3 is 2.42 bits per heavy atom.